The van der Waals surface area contributed by atoms with E-state index in [1.165, 1.54) is 104 Å². The van der Waals surface area contributed by atoms with Gasteiger partial charge in [0.25, 0.3) is 47.9 Å². The van der Waals surface area contributed by atoms with Crippen molar-refractivity contribution in [2.24, 2.45) is 14.1 Å². The fourth-order valence-electron chi connectivity index (χ4n) is 15.8. The quantitative estimate of drug-likeness (QED) is 0.00999. The highest BCUT2D eigenvalue weighted by molar-refractivity contribution is 7.86. The number of aromatic carboxylic acids is 1. The maximum absolute atomic E-state index is 15.1. The monoisotopic (exact) mass is 1770 g/mol. The van der Waals surface area contributed by atoms with Gasteiger partial charge in [0, 0.05) is 89.1 Å². The number of aryl methyl sites for hydroxylation is 2. The third kappa shape index (κ3) is 15.4. The van der Waals surface area contributed by atoms with E-state index in [4.69, 9.17) is 14.2 Å². The second-order valence-corrected chi connectivity index (χ2v) is 33.5. The minimum Gasteiger partial charge on any atom is -0.478 e. The zero-order chi connectivity index (χ0) is 89.5. The Morgan fingerprint density at radius 2 is 0.898 bits per heavy atom. The van der Waals surface area contributed by atoms with Crippen LogP contribution in [-0.2, 0) is 55.7 Å². The van der Waals surface area contributed by atoms with Crippen LogP contribution in [0.15, 0.2) is 261 Å². The largest absolute Gasteiger partial charge is 0.478 e. The Balaban J connectivity index is 0.689. The Morgan fingerprint density at radius 3 is 1.46 bits per heavy atom. The summed E-state index contributed by atoms with van der Waals surface area (Å²) in [5.74, 6) is -5.50. The number of carboxylic acids is 1. The molecule has 0 saturated carbocycles. The molecule has 0 aliphatic heterocycles. The van der Waals surface area contributed by atoms with E-state index in [-0.39, 0.29) is 172 Å². The molecule has 37 heteroatoms. The summed E-state index contributed by atoms with van der Waals surface area (Å²) < 4.78 is 131. The Hall–Kier alpha value is -16.5. The lowest BCUT2D eigenvalue weighted by atomic mass is 9.80. The van der Waals surface area contributed by atoms with Gasteiger partial charge in [-0.15, -0.1) is 0 Å². The lowest BCUT2D eigenvalue weighted by Crippen LogP contribution is -2.29. The summed E-state index contributed by atoms with van der Waals surface area (Å²) in [5, 5.41) is 28.6. The number of rotatable bonds is 27. The minimum atomic E-state index is -5.17. The van der Waals surface area contributed by atoms with Crippen molar-refractivity contribution in [2.75, 3.05) is 39.7 Å². The second-order valence-electron chi connectivity index (χ2n) is 29.3. The highest BCUT2D eigenvalue weighted by Crippen LogP contribution is 2.48. The molecule has 4 aromatic heterocycles. The van der Waals surface area contributed by atoms with Crippen LogP contribution in [0.5, 0.6) is 29.3 Å². The van der Waals surface area contributed by atoms with Gasteiger partial charge in [0.2, 0.25) is 17.8 Å². The van der Waals surface area contributed by atoms with Crippen LogP contribution in [0.2, 0.25) is 0 Å². The van der Waals surface area contributed by atoms with Gasteiger partial charge >= 0.3 is 18.0 Å². The lowest BCUT2D eigenvalue weighted by molar-refractivity contribution is -0.120. The zero-order valence-corrected chi connectivity index (χ0v) is 68.7. The van der Waals surface area contributed by atoms with Gasteiger partial charge in [-0.3, -0.25) is 47.2 Å². The van der Waals surface area contributed by atoms with Crippen LogP contribution >= 0.6 is 0 Å². The molecular formula is C91H61N13O21S3. The predicted molar refractivity (Wildman–Crippen MR) is 469 cm³/mol. The topological polar surface area (TPSA) is 495 Å². The van der Waals surface area contributed by atoms with Crippen molar-refractivity contribution in [1.82, 2.24) is 39.0 Å². The molecule has 34 nitrogen and oxygen atoms in total. The van der Waals surface area contributed by atoms with E-state index in [0.29, 0.717) is 32.6 Å². The number of anilines is 8. The van der Waals surface area contributed by atoms with Gasteiger partial charge in [-0.25, -0.2) is 4.79 Å². The summed E-state index contributed by atoms with van der Waals surface area (Å²) in [4.78, 5) is 139. The lowest BCUT2D eigenvalue weighted by Gasteiger charge is -2.26. The van der Waals surface area contributed by atoms with Gasteiger partial charge in [0.1, 0.15) is 22.0 Å². The number of carbonyl (C=O) groups is 6. The van der Waals surface area contributed by atoms with Gasteiger partial charge in [0.15, 0.2) is 34.6 Å². The molecule has 0 radical (unpaired) electrons. The Bertz CT molecular complexity index is 8100. The number of hydrogen-bond donors (Lipinski definition) is 9. The normalized spacial score (nSPS) is 12.2. The standard InChI is InChI=1S/C91H61N13O21S3/c1-103-64-31-29-61(74-76(64)72(56-23-10-12-25-58(56)82(74)108)78(84(103)110)80(106)46-15-4-3-5-16-46)94-53-27-33-69(127(117,118)119)52(37-53)43-71-97-87(100-90(98-71)124-66-40-48-18-7-6-17-47(48)39-60(66)86(112)113)92-35-36-93-88-99-89(102-91(101-88)125-68-42-50-20-9-8-19-49(50)41-67(68)123-45-105)95-54-28-34-70(128(120,121)122)63(44-54)96-62-30-32-65-77-73(57-24-11-13-26-59(57)83(109)75(62)77)79(85(111)104(65)2)81(107)51-21-14-22-55(38-51)126(114,115)116/h3-34,37-42,44-45,94,96H,35-36,43H2,1-2H3,(H,112,113)(H,114,115,116)(H,117,118,119)(H,120,121,122)(H,92,97,98,100)(H2,93,95,99,101,102). The molecule has 0 spiro atoms. The van der Waals surface area contributed by atoms with Gasteiger partial charge in [-0.1, -0.05) is 140 Å². The maximum Gasteiger partial charge on any atom is 0.339 e. The average molecular weight is 1770 g/mol. The van der Waals surface area contributed by atoms with Crippen LogP contribution in [-0.4, -0.2) is 132 Å². The number of nitrogens with zero attached hydrogens (tertiary/aromatic N) is 8. The second kappa shape index (κ2) is 32.3. The Labute approximate surface area is 722 Å². The average Bonchev–Trinajstić information content (AvgIpc) is 0.708. The molecule has 16 aromatic rings. The molecule has 0 amide bonds. The number of benzene rings is 12. The summed E-state index contributed by atoms with van der Waals surface area (Å²) in [6, 6.07) is 57.2. The number of fused-ring (bicyclic) bond motifs is 6. The fourth-order valence-corrected chi connectivity index (χ4v) is 17.7. The summed E-state index contributed by atoms with van der Waals surface area (Å²) in [7, 11) is -12.3. The first-order valence-electron chi connectivity index (χ1n) is 38.6. The zero-order valence-electron chi connectivity index (χ0n) is 66.2. The number of hydrogen-bond acceptors (Lipinski definition) is 28. The molecule has 0 fully saturated rings. The summed E-state index contributed by atoms with van der Waals surface area (Å²) in [6.45, 7) is -0.164. The van der Waals surface area contributed by atoms with Crippen molar-refractivity contribution in [1.29, 1.82) is 0 Å². The molecule has 0 atom stereocenters. The van der Waals surface area contributed by atoms with E-state index in [9.17, 15) is 77.6 Å². The van der Waals surface area contributed by atoms with Crippen LogP contribution in [0.1, 0.15) is 85.4 Å². The van der Waals surface area contributed by atoms with E-state index in [1.807, 2.05) is 0 Å². The fraction of sp³-hybridized carbons (Fsp3) is 0.0549. The molecule has 634 valence electrons. The first kappa shape index (κ1) is 82.5. The number of carboxylic acid groups (broad SMARTS) is 1. The number of ether oxygens (including phenoxy) is 3. The van der Waals surface area contributed by atoms with Gasteiger partial charge in [-0.2, -0.15) is 55.2 Å². The number of aromatic nitrogens is 8. The van der Waals surface area contributed by atoms with E-state index >= 15 is 4.79 Å². The van der Waals surface area contributed by atoms with Crippen molar-refractivity contribution in [3.05, 3.63) is 319 Å². The van der Waals surface area contributed by atoms with Crippen LogP contribution in [0.4, 0.5) is 46.3 Å². The van der Waals surface area contributed by atoms with Gasteiger partial charge in [0.05, 0.1) is 60.1 Å². The summed E-state index contributed by atoms with van der Waals surface area (Å²) in [5.41, 5.74) is -1.60. The number of pyridine rings is 2. The van der Waals surface area contributed by atoms with Gasteiger partial charge < -0.3 is 55.0 Å². The SMILES string of the molecule is Cn1c(=O)c(C(=O)c2ccccc2)c2c3c(c(Nc4ccc(S(=O)(=O)O)c(Cc5nc(NCCNc6nc(Nc7ccc(S(=O)(=O)O)c(Nc8ccc9c%10c8C(=O)c8ccccc8-c%10c(C(=O)c8cccc(S(=O)(=O)O)c8)c(=O)n9C)c7)nc(Oc7cc8ccccc8cc7OC=O)n6)nc(Oc6cc7ccccc7cc6C(=O)O)n5)c4)ccc31)C(=O)c1ccccc1-2. The predicted octanol–water partition coefficient (Wildman–Crippen LogP) is 13.9. The smallest absolute Gasteiger partial charge is 0.339 e. The third-order valence-corrected chi connectivity index (χ3v) is 24.2. The third-order valence-electron chi connectivity index (χ3n) is 21.5. The van der Waals surface area contributed by atoms with Crippen molar-refractivity contribution < 1.29 is 87.0 Å². The Kier molecular flexibility index (Phi) is 20.8. The van der Waals surface area contributed by atoms with Crippen LogP contribution in [0, 0.1) is 0 Å². The molecule has 0 unspecified atom stereocenters. The molecular weight excluding hydrogens is 1710 g/mol. The molecule has 2 aliphatic rings. The van der Waals surface area contributed by atoms with Crippen LogP contribution in [0.25, 0.3) is 65.6 Å². The van der Waals surface area contributed by atoms with Crippen LogP contribution < -0.4 is 51.9 Å². The highest BCUT2D eigenvalue weighted by Gasteiger charge is 2.38. The van der Waals surface area contributed by atoms with E-state index in [2.05, 4.69) is 56.5 Å². The van der Waals surface area contributed by atoms with Gasteiger partial charge in [-0.05, 0) is 135 Å². The molecule has 128 heavy (non-hydrogen) atoms. The summed E-state index contributed by atoms with van der Waals surface area (Å²) >= 11 is 0. The highest BCUT2D eigenvalue weighted by atomic mass is 32.2. The number of ketones is 4. The van der Waals surface area contributed by atoms with Crippen LogP contribution in [0.3, 0.4) is 0 Å². The molecule has 12 aromatic carbocycles. The Morgan fingerprint density at radius 1 is 0.422 bits per heavy atom. The molecule has 18 rings (SSSR count). The van der Waals surface area contributed by atoms with Crippen molar-refractivity contribution in [2.45, 2.75) is 21.1 Å². The summed E-state index contributed by atoms with van der Waals surface area (Å²) in [6.07, 6.45) is -0.541. The van der Waals surface area contributed by atoms with Crippen molar-refractivity contribution in [3.8, 4) is 51.5 Å². The van der Waals surface area contributed by atoms with Crippen molar-refractivity contribution in [3.63, 3.8) is 0 Å². The number of carbonyl (C=O) groups excluding carboxylic acids is 5. The molecule has 0 bridgehead atoms. The van der Waals surface area contributed by atoms with Crippen molar-refractivity contribution >= 4 is 156 Å². The minimum absolute atomic E-state index is 0.00166. The van der Waals surface area contributed by atoms with E-state index in [0.717, 1.165) is 28.8 Å². The molecule has 0 saturated heterocycles. The maximum atomic E-state index is 15.1. The van der Waals surface area contributed by atoms with E-state index in [1.54, 1.807) is 127 Å². The molecule has 4 heterocycles. The molecule has 9 N–H and O–H groups in total. The van der Waals surface area contributed by atoms with E-state index < -0.39 is 109 Å². The molecule has 2 aliphatic carbocycles. The first-order chi connectivity index (χ1) is 61.4. The number of nitrogens with one attached hydrogen (secondary N) is 5. The first-order valence-corrected chi connectivity index (χ1v) is 42.9.